The number of nitrogens with zero attached hydrogens (tertiary/aromatic N) is 6. The Morgan fingerprint density at radius 3 is 2.57 bits per heavy atom. The van der Waals surface area contributed by atoms with Gasteiger partial charge in [-0.3, -0.25) is 4.98 Å². The van der Waals surface area contributed by atoms with E-state index in [0.29, 0.717) is 11.7 Å². The molecule has 0 saturated heterocycles. The van der Waals surface area contributed by atoms with Crippen LogP contribution in [0, 0.1) is 0 Å². The van der Waals surface area contributed by atoms with Gasteiger partial charge in [-0.25, -0.2) is 0 Å². The summed E-state index contributed by atoms with van der Waals surface area (Å²) in [4.78, 5) is 4.71. The molecule has 37 heavy (non-hydrogen) atoms. The standard InChI is InChI=1S/C29H23N7S/c1-18(2)24-15-23-7-4-12-30-28(23)25(16-24)22-6-3-5-19(13-22)14-26(29-32-34-35-33-29)20-8-10-21(11-9-20)27-17-37-36-31-27/h3-18H,1-2H3,(H,32,33,34,35). The minimum atomic E-state index is 0.416. The monoisotopic (exact) mass is 501 g/mol. The van der Waals surface area contributed by atoms with Crippen LogP contribution in [-0.4, -0.2) is 35.2 Å². The second-order valence-electron chi connectivity index (χ2n) is 9.08. The van der Waals surface area contributed by atoms with Crippen molar-refractivity contribution in [3.8, 4) is 22.4 Å². The van der Waals surface area contributed by atoms with E-state index in [-0.39, 0.29) is 0 Å². The number of aromatic amines is 1. The Morgan fingerprint density at radius 1 is 0.919 bits per heavy atom. The molecular weight excluding hydrogens is 478 g/mol. The van der Waals surface area contributed by atoms with E-state index < -0.39 is 0 Å². The number of hydrogen-bond donors (Lipinski definition) is 1. The van der Waals surface area contributed by atoms with Gasteiger partial charge in [0.05, 0.1) is 5.52 Å². The fourth-order valence-corrected chi connectivity index (χ4v) is 4.86. The number of hydrogen-bond acceptors (Lipinski definition) is 7. The lowest BCUT2D eigenvalue weighted by molar-refractivity contribution is 0.869. The van der Waals surface area contributed by atoms with Gasteiger partial charge in [-0.2, -0.15) is 5.21 Å². The van der Waals surface area contributed by atoms with Gasteiger partial charge in [0, 0.05) is 33.7 Å². The first-order valence-corrected chi connectivity index (χ1v) is 12.8. The normalized spacial score (nSPS) is 11.9. The molecule has 3 aromatic carbocycles. The van der Waals surface area contributed by atoms with Crippen molar-refractivity contribution < 1.29 is 0 Å². The first-order chi connectivity index (χ1) is 18.2. The predicted octanol–water partition coefficient (Wildman–Crippen LogP) is 6.65. The summed E-state index contributed by atoms with van der Waals surface area (Å²) in [7, 11) is 0. The van der Waals surface area contributed by atoms with Crippen LogP contribution in [0.3, 0.4) is 0 Å². The second-order valence-corrected chi connectivity index (χ2v) is 9.69. The van der Waals surface area contributed by atoms with Crippen molar-refractivity contribution in [2.45, 2.75) is 19.8 Å². The molecule has 6 rings (SSSR count). The van der Waals surface area contributed by atoms with Crippen LogP contribution in [0.4, 0.5) is 0 Å². The highest BCUT2D eigenvalue weighted by Gasteiger charge is 2.13. The van der Waals surface area contributed by atoms with Gasteiger partial charge in [0.2, 0.25) is 5.82 Å². The number of aromatic nitrogens is 7. The molecule has 0 bridgehead atoms. The van der Waals surface area contributed by atoms with Crippen molar-refractivity contribution in [3.05, 3.63) is 107 Å². The van der Waals surface area contributed by atoms with E-state index in [0.717, 1.165) is 50.0 Å². The van der Waals surface area contributed by atoms with E-state index >= 15 is 0 Å². The van der Waals surface area contributed by atoms with Crippen LogP contribution in [-0.2, 0) is 0 Å². The van der Waals surface area contributed by atoms with E-state index in [1.165, 1.54) is 17.1 Å². The number of H-pyrrole nitrogens is 1. The number of fused-ring (bicyclic) bond motifs is 1. The lowest BCUT2D eigenvalue weighted by Crippen LogP contribution is -1.93. The van der Waals surface area contributed by atoms with Crippen LogP contribution in [0.25, 0.3) is 44.9 Å². The molecule has 1 N–H and O–H groups in total. The molecule has 0 amide bonds. The third-order valence-corrected chi connectivity index (χ3v) is 6.85. The van der Waals surface area contributed by atoms with Crippen molar-refractivity contribution in [2.75, 3.05) is 0 Å². The molecule has 8 heteroatoms. The summed E-state index contributed by atoms with van der Waals surface area (Å²) in [6, 6.07) is 25.2. The summed E-state index contributed by atoms with van der Waals surface area (Å²) in [5.74, 6) is 0.946. The quantitative estimate of drug-likeness (QED) is 0.257. The Labute approximate surface area is 218 Å². The lowest BCUT2D eigenvalue weighted by atomic mass is 9.93. The maximum atomic E-state index is 4.71. The molecule has 3 heterocycles. The third kappa shape index (κ3) is 4.66. The minimum absolute atomic E-state index is 0.416. The number of rotatable bonds is 6. The summed E-state index contributed by atoms with van der Waals surface area (Å²) in [6.45, 7) is 4.43. The van der Waals surface area contributed by atoms with Gasteiger partial charge >= 0.3 is 0 Å². The van der Waals surface area contributed by atoms with E-state index in [2.05, 4.69) is 92.6 Å². The molecule has 6 aromatic rings. The van der Waals surface area contributed by atoms with Crippen molar-refractivity contribution in [1.82, 2.24) is 35.2 Å². The average molecular weight is 502 g/mol. The molecule has 0 aliphatic rings. The molecule has 3 aromatic heterocycles. The van der Waals surface area contributed by atoms with Crippen LogP contribution in [0.5, 0.6) is 0 Å². The topological polar surface area (TPSA) is 93.1 Å². The lowest BCUT2D eigenvalue weighted by Gasteiger charge is -2.13. The molecule has 0 spiro atoms. The number of benzene rings is 3. The van der Waals surface area contributed by atoms with Crippen molar-refractivity contribution in [3.63, 3.8) is 0 Å². The Balaban J connectivity index is 1.45. The van der Waals surface area contributed by atoms with Gasteiger partial charge in [-0.15, -0.1) is 15.3 Å². The highest BCUT2D eigenvalue weighted by molar-refractivity contribution is 7.03. The fourth-order valence-electron chi connectivity index (χ4n) is 4.40. The summed E-state index contributed by atoms with van der Waals surface area (Å²) < 4.78 is 3.96. The largest absolute Gasteiger partial charge is 0.256 e. The van der Waals surface area contributed by atoms with Crippen molar-refractivity contribution >= 4 is 34.1 Å². The third-order valence-electron chi connectivity index (χ3n) is 6.34. The van der Waals surface area contributed by atoms with Crippen LogP contribution in [0.1, 0.15) is 42.3 Å². The van der Waals surface area contributed by atoms with Gasteiger partial charge in [-0.05, 0) is 75.3 Å². The van der Waals surface area contributed by atoms with Crippen LogP contribution in [0.15, 0.2) is 84.4 Å². The predicted molar refractivity (Wildman–Crippen MR) is 148 cm³/mol. The first kappa shape index (κ1) is 22.9. The second kappa shape index (κ2) is 9.83. The first-order valence-electron chi connectivity index (χ1n) is 12.0. The van der Waals surface area contributed by atoms with Crippen molar-refractivity contribution in [1.29, 1.82) is 0 Å². The van der Waals surface area contributed by atoms with E-state index in [4.69, 9.17) is 4.98 Å². The maximum absolute atomic E-state index is 4.71. The molecule has 0 atom stereocenters. The molecule has 7 nitrogen and oxygen atoms in total. The molecule has 0 aliphatic heterocycles. The Hall–Kier alpha value is -4.56. The molecule has 0 radical (unpaired) electrons. The van der Waals surface area contributed by atoms with Gasteiger partial charge in [0.15, 0.2) is 0 Å². The number of pyridine rings is 1. The number of nitrogens with one attached hydrogen (secondary N) is 1. The van der Waals surface area contributed by atoms with E-state index in [1.807, 2.05) is 41.9 Å². The SMILES string of the molecule is CC(C)c1cc(-c2cccc(C=C(c3ccc(-c4csnn4)cc3)c3nn[nH]n3)c2)c2ncccc2c1. The molecule has 0 aliphatic carbocycles. The molecule has 0 saturated carbocycles. The van der Waals surface area contributed by atoms with E-state index in [1.54, 1.807) is 0 Å². The van der Waals surface area contributed by atoms with Crippen LogP contribution in [0.2, 0.25) is 0 Å². The summed E-state index contributed by atoms with van der Waals surface area (Å²) in [5.41, 5.74) is 9.27. The molecular formula is C29H23N7S. The summed E-state index contributed by atoms with van der Waals surface area (Å²) in [6.07, 6.45) is 3.94. The average Bonchev–Trinajstić information content (AvgIpc) is 3.67. The number of tetrazole rings is 1. The van der Waals surface area contributed by atoms with Crippen LogP contribution >= 0.6 is 11.5 Å². The molecule has 0 unspecified atom stereocenters. The van der Waals surface area contributed by atoms with E-state index in [9.17, 15) is 0 Å². The van der Waals surface area contributed by atoms with Gasteiger partial charge in [0.1, 0.15) is 5.69 Å². The fraction of sp³-hybridized carbons (Fsp3) is 0.103. The van der Waals surface area contributed by atoms with Crippen LogP contribution < -0.4 is 0 Å². The zero-order valence-corrected chi connectivity index (χ0v) is 21.1. The smallest absolute Gasteiger partial charge is 0.205 e. The van der Waals surface area contributed by atoms with Gasteiger partial charge < -0.3 is 0 Å². The Kier molecular flexibility index (Phi) is 6.08. The highest BCUT2D eigenvalue weighted by Crippen LogP contribution is 2.33. The van der Waals surface area contributed by atoms with Crippen molar-refractivity contribution in [2.24, 2.45) is 0 Å². The summed E-state index contributed by atoms with van der Waals surface area (Å²) in [5, 5.41) is 22.1. The highest BCUT2D eigenvalue weighted by atomic mass is 32.1. The zero-order chi connectivity index (χ0) is 25.2. The van der Waals surface area contributed by atoms with Gasteiger partial charge in [-0.1, -0.05) is 66.9 Å². The zero-order valence-electron chi connectivity index (χ0n) is 20.3. The minimum Gasteiger partial charge on any atom is -0.256 e. The summed E-state index contributed by atoms with van der Waals surface area (Å²) >= 11 is 1.34. The Morgan fingerprint density at radius 2 is 1.81 bits per heavy atom. The Bertz CT molecular complexity index is 1690. The molecule has 180 valence electrons. The van der Waals surface area contributed by atoms with Gasteiger partial charge in [0.25, 0.3) is 0 Å². The molecule has 0 fully saturated rings. The maximum Gasteiger partial charge on any atom is 0.205 e.